The van der Waals surface area contributed by atoms with E-state index in [0.717, 1.165) is 12.0 Å². The number of nitrogens with one attached hydrogen (secondary N) is 1. The van der Waals surface area contributed by atoms with E-state index in [1.807, 2.05) is 24.3 Å². The summed E-state index contributed by atoms with van der Waals surface area (Å²) in [4.78, 5) is 11.5. The third-order valence-corrected chi connectivity index (χ3v) is 2.84. The Bertz CT molecular complexity index is 467. The van der Waals surface area contributed by atoms with Crippen LogP contribution in [0.4, 0.5) is 4.79 Å². The maximum atomic E-state index is 11.5. The lowest BCUT2D eigenvalue weighted by Crippen LogP contribution is -2.38. The summed E-state index contributed by atoms with van der Waals surface area (Å²) in [5.41, 5.74) is 0.599. The van der Waals surface area contributed by atoms with Gasteiger partial charge in [0.2, 0.25) is 0 Å². The number of ether oxygens (including phenoxy) is 3. The van der Waals surface area contributed by atoms with Gasteiger partial charge < -0.3 is 24.6 Å². The summed E-state index contributed by atoms with van der Waals surface area (Å²) in [5, 5.41) is 12.3. The van der Waals surface area contributed by atoms with Crippen LogP contribution in [0.1, 0.15) is 26.3 Å². The van der Waals surface area contributed by atoms with E-state index in [1.165, 1.54) is 0 Å². The van der Waals surface area contributed by atoms with Crippen LogP contribution >= 0.6 is 0 Å². The molecule has 1 atom stereocenters. The quantitative estimate of drug-likeness (QED) is 0.766. The molecule has 0 aliphatic carbocycles. The van der Waals surface area contributed by atoms with Crippen molar-refractivity contribution in [2.45, 2.75) is 38.9 Å². The SMILES string of the molecule is COCCc1ccc(OCC(O)CNC(=O)OC(C)(C)C)cc1. The van der Waals surface area contributed by atoms with Crippen molar-refractivity contribution < 1.29 is 24.1 Å². The minimum absolute atomic E-state index is 0.0703. The second kappa shape index (κ2) is 9.37. The van der Waals surface area contributed by atoms with Gasteiger partial charge >= 0.3 is 6.09 Å². The van der Waals surface area contributed by atoms with E-state index in [1.54, 1.807) is 27.9 Å². The molecule has 23 heavy (non-hydrogen) atoms. The van der Waals surface area contributed by atoms with Gasteiger partial charge in [0.05, 0.1) is 13.2 Å². The second-order valence-electron chi connectivity index (χ2n) is 6.23. The Morgan fingerprint density at radius 1 is 1.26 bits per heavy atom. The molecule has 0 spiro atoms. The molecular weight excluding hydrogens is 298 g/mol. The molecule has 0 aliphatic rings. The fraction of sp³-hybridized carbons (Fsp3) is 0.588. The summed E-state index contributed by atoms with van der Waals surface area (Å²) >= 11 is 0. The first-order valence-electron chi connectivity index (χ1n) is 7.66. The molecule has 1 aromatic carbocycles. The van der Waals surface area contributed by atoms with Gasteiger partial charge in [0.25, 0.3) is 0 Å². The predicted octanol–water partition coefficient (Wildman–Crippen LogP) is 2.14. The number of hydrogen-bond acceptors (Lipinski definition) is 5. The molecule has 0 fully saturated rings. The average molecular weight is 325 g/mol. The smallest absolute Gasteiger partial charge is 0.407 e. The van der Waals surface area contributed by atoms with Gasteiger partial charge in [-0.2, -0.15) is 0 Å². The van der Waals surface area contributed by atoms with E-state index in [4.69, 9.17) is 14.2 Å². The van der Waals surface area contributed by atoms with Gasteiger partial charge in [-0.3, -0.25) is 0 Å². The fourth-order valence-corrected chi connectivity index (χ4v) is 1.74. The molecule has 0 aliphatic heterocycles. The molecular formula is C17H27NO5. The Hall–Kier alpha value is -1.79. The Morgan fingerprint density at radius 2 is 1.91 bits per heavy atom. The van der Waals surface area contributed by atoms with Crippen molar-refractivity contribution in [2.24, 2.45) is 0 Å². The van der Waals surface area contributed by atoms with Crippen molar-refractivity contribution in [3.8, 4) is 5.75 Å². The molecule has 0 aromatic heterocycles. The highest BCUT2D eigenvalue weighted by Gasteiger charge is 2.16. The first kappa shape index (κ1) is 19.3. The molecule has 0 bridgehead atoms. The number of carbonyl (C=O) groups excluding carboxylic acids is 1. The predicted molar refractivity (Wildman–Crippen MR) is 87.8 cm³/mol. The number of hydrogen-bond donors (Lipinski definition) is 2. The van der Waals surface area contributed by atoms with E-state index in [9.17, 15) is 9.90 Å². The van der Waals surface area contributed by atoms with Crippen LogP contribution in [0.5, 0.6) is 5.75 Å². The van der Waals surface area contributed by atoms with Crippen molar-refractivity contribution >= 4 is 6.09 Å². The molecule has 1 rings (SSSR count). The van der Waals surface area contributed by atoms with Gasteiger partial charge in [-0.15, -0.1) is 0 Å². The summed E-state index contributed by atoms with van der Waals surface area (Å²) in [6.07, 6.45) is -0.520. The maximum absolute atomic E-state index is 11.5. The van der Waals surface area contributed by atoms with E-state index in [2.05, 4.69) is 5.32 Å². The molecule has 1 aromatic rings. The first-order chi connectivity index (χ1) is 10.8. The Labute approximate surface area is 137 Å². The molecule has 0 radical (unpaired) electrons. The van der Waals surface area contributed by atoms with Crippen LogP contribution in [-0.4, -0.2) is 49.8 Å². The molecule has 0 saturated heterocycles. The van der Waals surface area contributed by atoms with Crippen molar-refractivity contribution in [1.82, 2.24) is 5.32 Å². The normalized spacial score (nSPS) is 12.6. The van der Waals surface area contributed by atoms with E-state index >= 15 is 0 Å². The molecule has 6 heteroatoms. The summed E-state index contributed by atoms with van der Waals surface area (Å²) in [6.45, 7) is 6.18. The minimum Gasteiger partial charge on any atom is -0.491 e. The number of rotatable bonds is 8. The van der Waals surface area contributed by atoms with Crippen molar-refractivity contribution in [2.75, 3.05) is 26.9 Å². The van der Waals surface area contributed by atoms with Gasteiger partial charge in [0.15, 0.2) is 0 Å². The van der Waals surface area contributed by atoms with Gasteiger partial charge in [-0.1, -0.05) is 12.1 Å². The molecule has 2 N–H and O–H groups in total. The largest absolute Gasteiger partial charge is 0.491 e. The average Bonchev–Trinajstić information content (AvgIpc) is 2.48. The molecule has 1 unspecified atom stereocenters. The second-order valence-corrected chi connectivity index (χ2v) is 6.23. The van der Waals surface area contributed by atoms with E-state index in [0.29, 0.717) is 12.4 Å². The Balaban J connectivity index is 2.27. The third kappa shape index (κ3) is 9.05. The summed E-state index contributed by atoms with van der Waals surface area (Å²) in [6, 6.07) is 7.61. The molecule has 1 amide bonds. The molecule has 6 nitrogen and oxygen atoms in total. The Morgan fingerprint density at radius 3 is 2.48 bits per heavy atom. The molecule has 130 valence electrons. The van der Waals surface area contributed by atoms with E-state index in [-0.39, 0.29) is 13.2 Å². The third-order valence-electron chi connectivity index (χ3n) is 2.84. The zero-order valence-corrected chi connectivity index (χ0v) is 14.3. The number of alkyl carbamates (subject to hydrolysis) is 1. The topological polar surface area (TPSA) is 77.0 Å². The van der Waals surface area contributed by atoms with Crippen LogP contribution in [0, 0.1) is 0 Å². The highest BCUT2D eigenvalue weighted by atomic mass is 16.6. The molecule has 0 saturated carbocycles. The van der Waals surface area contributed by atoms with Crippen LogP contribution in [0.25, 0.3) is 0 Å². The van der Waals surface area contributed by atoms with Gasteiger partial charge in [-0.25, -0.2) is 4.79 Å². The van der Waals surface area contributed by atoms with Crippen LogP contribution in [-0.2, 0) is 15.9 Å². The lowest BCUT2D eigenvalue weighted by Gasteiger charge is -2.20. The van der Waals surface area contributed by atoms with Gasteiger partial charge in [-0.05, 0) is 44.9 Å². The number of benzene rings is 1. The van der Waals surface area contributed by atoms with Crippen molar-refractivity contribution in [3.63, 3.8) is 0 Å². The number of aliphatic hydroxyl groups is 1. The summed E-state index contributed by atoms with van der Waals surface area (Å²) < 4.78 is 15.6. The van der Waals surface area contributed by atoms with Crippen LogP contribution in [0.3, 0.4) is 0 Å². The van der Waals surface area contributed by atoms with Crippen molar-refractivity contribution in [1.29, 1.82) is 0 Å². The van der Waals surface area contributed by atoms with Gasteiger partial charge in [0, 0.05) is 7.11 Å². The summed E-state index contributed by atoms with van der Waals surface area (Å²) in [7, 11) is 1.67. The lowest BCUT2D eigenvalue weighted by molar-refractivity contribution is 0.0463. The number of carbonyl (C=O) groups is 1. The maximum Gasteiger partial charge on any atom is 0.407 e. The van der Waals surface area contributed by atoms with E-state index < -0.39 is 17.8 Å². The summed E-state index contributed by atoms with van der Waals surface area (Å²) in [5.74, 6) is 0.669. The first-order valence-corrected chi connectivity index (χ1v) is 7.66. The van der Waals surface area contributed by atoms with Gasteiger partial charge in [0.1, 0.15) is 24.1 Å². The molecule has 0 heterocycles. The lowest BCUT2D eigenvalue weighted by atomic mass is 10.1. The van der Waals surface area contributed by atoms with Crippen LogP contribution < -0.4 is 10.1 Å². The standard InChI is InChI=1S/C17H27NO5/c1-17(2,3)23-16(20)18-11-14(19)12-22-15-7-5-13(6-8-15)9-10-21-4/h5-8,14,19H,9-12H2,1-4H3,(H,18,20). The Kier molecular flexibility index (Phi) is 7.85. The zero-order valence-electron chi connectivity index (χ0n) is 14.3. The fourth-order valence-electron chi connectivity index (χ4n) is 1.74. The zero-order chi connectivity index (χ0) is 17.3. The monoisotopic (exact) mass is 325 g/mol. The van der Waals surface area contributed by atoms with Crippen molar-refractivity contribution in [3.05, 3.63) is 29.8 Å². The number of methoxy groups -OCH3 is 1. The number of amides is 1. The highest BCUT2D eigenvalue weighted by Crippen LogP contribution is 2.13. The highest BCUT2D eigenvalue weighted by molar-refractivity contribution is 5.67. The van der Waals surface area contributed by atoms with Crippen LogP contribution in [0.15, 0.2) is 24.3 Å². The number of aliphatic hydroxyl groups excluding tert-OH is 1. The van der Waals surface area contributed by atoms with Crippen LogP contribution in [0.2, 0.25) is 0 Å². The minimum atomic E-state index is -0.810.